The molecule has 1 aromatic rings. The highest BCUT2D eigenvalue weighted by Gasteiger charge is 2.18. The zero-order valence-electron chi connectivity index (χ0n) is 10.1. The minimum Gasteiger partial charge on any atom is -0.495 e. The minimum atomic E-state index is -3.70. The number of sulfonamides is 1. The van der Waals surface area contributed by atoms with E-state index in [1.807, 2.05) is 13.8 Å². The lowest BCUT2D eigenvalue weighted by molar-refractivity contribution is 0.0717. The van der Waals surface area contributed by atoms with E-state index in [1.54, 1.807) is 18.2 Å². The summed E-state index contributed by atoms with van der Waals surface area (Å²) < 4.78 is 28.7. The van der Waals surface area contributed by atoms with Gasteiger partial charge in [0.25, 0.3) is 10.0 Å². The van der Waals surface area contributed by atoms with Crippen LogP contribution in [0.4, 0.5) is 0 Å². The maximum atomic E-state index is 11.9. The van der Waals surface area contributed by atoms with E-state index < -0.39 is 10.0 Å². The Morgan fingerprint density at radius 2 is 1.94 bits per heavy atom. The van der Waals surface area contributed by atoms with Gasteiger partial charge >= 0.3 is 0 Å². The Morgan fingerprint density at radius 1 is 1.29 bits per heavy atom. The average Bonchev–Trinajstić information content (AvgIpc) is 2.28. The van der Waals surface area contributed by atoms with Gasteiger partial charge in [0.05, 0.1) is 13.7 Å². The molecule has 0 aliphatic heterocycles. The van der Waals surface area contributed by atoms with Crippen LogP contribution in [0.1, 0.15) is 13.8 Å². The van der Waals surface area contributed by atoms with Gasteiger partial charge in [-0.25, -0.2) is 8.42 Å². The van der Waals surface area contributed by atoms with Gasteiger partial charge in [0.2, 0.25) is 0 Å². The van der Waals surface area contributed by atoms with Crippen LogP contribution < -0.4 is 9.62 Å². The molecule has 1 rings (SSSR count). The van der Waals surface area contributed by atoms with E-state index in [9.17, 15) is 8.42 Å². The molecule has 0 atom stereocenters. The Labute approximate surface area is 102 Å². The summed E-state index contributed by atoms with van der Waals surface area (Å²) in [7, 11) is -2.28. The minimum absolute atomic E-state index is 0.0613. The molecule has 0 saturated heterocycles. The molecule has 5 nitrogen and oxygen atoms in total. The molecule has 6 heteroatoms. The van der Waals surface area contributed by atoms with Gasteiger partial charge in [-0.2, -0.15) is 0 Å². The average molecular weight is 259 g/mol. The van der Waals surface area contributed by atoms with Crippen molar-refractivity contribution in [3.63, 3.8) is 0 Å². The van der Waals surface area contributed by atoms with Crippen molar-refractivity contribution in [2.75, 3.05) is 13.7 Å². The number of para-hydroxylation sites is 1. The van der Waals surface area contributed by atoms with Crippen LogP contribution in [-0.4, -0.2) is 22.1 Å². The standard InChI is InChI=1S/C11H17NO4S/c1-9(2)8-16-12-17(13,14)11-7-5-4-6-10(11)15-3/h4-7,9,12H,8H2,1-3H3. The Morgan fingerprint density at radius 3 is 2.53 bits per heavy atom. The molecule has 0 radical (unpaired) electrons. The molecule has 0 saturated carbocycles. The van der Waals surface area contributed by atoms with Crippen molar-refractivity contribution >= 4 is 10.0 Å². The van der Waals surface area contributed by atoms with Gasteiger partial charge in [-0.3, -0.25) is 4.84 Å². The smallest absolute Gasteiger partial charge is 0.266 e. The molecule has 0 aliphatic carbocycles. The molecule has 0 bridgehead atoms. The largest absolute Gasteiger partial charge is 0.495 e. The van der Waals surface area contributed by atoms with E-state index in [-0.39, 0.29) is 16.6 Å². The van der Waals surface area contributed by atoms with Gasteiger partial charge in [-0.15, -0.1) is 0 Å². The lowest BCUT2D eigenvalue weighted by Crippen LogP contribution is -2.26. The fourth-order valence-electron chi connectivity index (χ4n) is 1.16. The van der Waals surface area contributed by atoms with Crippen LogP contribution >= 0.6 is 0 Å². The number of nitrogens with one attached hydrogen (secondary N) is 1. The van der Waals surface area contributed by atoms with E-state index >= 15 is 0 Å². The first-order valence-electron chi connectivity index (χ1n) is 5.24. The molecule has 0 heterocycles. The van der Waals surface area contributed by atoms with E-state index in [0.29, 0.717) is 6.61 Å². The van der Waals surface area contributed by atoms with Crippen molar-refractivity contribution in [2.45, 2.75) is 18.7 Å². The van der Waals surface area contributed by atoms with E-state index in [0.717, 1.165) is 0 Å². The van der Waals surface area contributed by atoms with Crippen molar-refractivity contribution in [1.82, 2.24) is 4.89 Å². The van der Waals surface area contributed by atoms with Crippen LogP contribution in [0.25, 0.3) is 0 Å². The summed E-state index contributed by atoms with van der Waals surface area (Å²) >= 11 is 0. The zero-order valence-corrected chi connectivity index (χ0v) is 11.0. The van der Waals surface area contributed by atoms with E-state index in [2.05, 4.69) is 4.89 Å². The first-order chi connectivity index (χ1) is 7.97. The molecule has 0 spiro atoms. The lowest BCUT2D eigenvalue weighted by atomic mass is 10.2. The van der Waals surface area contributed by atoms with Crippen molar-refractivity contribution < 1.29 is 18.0 Å². The van der Waals surface area contributed by atoms with Crippen LogP contribution in [-0.2, 0) is 14.9 Å². The Balaban J connectivity index is 2.82. The monoisotopic (exact) mass is 259 g/mol. The van der Waals surface area contributed by atoms with Crippen molar-refractivity contribution in [3.8, 4) is 5.75 Å². The summed E-state index contributed by atoms with van der Waals surface area (Å²) in [5.74, 6) is 0.531. The van der Waals surface area contributed by atoms with Crippen LogP contribution in [0.3, 0.4) is 0 Å². The van der Waals surface area contributed by atoms with Gasteiger partial charge in [0.15, 0.2) is 0 Å². The van der Waals surface area contributed by atoms with Gasteiger partial charge < -0.3 is 4.74 Å². The first-order valence-corrected chi connectivity index (χ1v) is 6.72. The second-order valence-electron chi connectivity index (χ2n) is 3.94. The van der Waals surface area contributed by atoms with Gasteiger partial charge in [0.1, 0.15) is 10.6 Å². The number of rotatable bonds is 6. The maximum absolute atomic E-state index is 11.9. The van der Waals surface area contributed by atoms with E-state index in [4.69, 9.17) is 9.57 Å². The summed E-state index contributed by atoms with van der Waals surface area (Å²) in [6.45, 7) is 4.17. The van der Waals surface area contributed by atoms with Crippen molar-refractivity contribution in [3.05, 3.63) is 24.3 Å². The highest BCUT2D eigenvalue weighted by Crippen LogP contribution is 2.22. The van der Waals surface area contributed by atoms with Crippen LogP contribution in [0.2, 0.25) is 0 Å². The first kappa shape index (κ1) is 14.0. The fraction of sp³-hybridized carbons (Fsp3) is 0.455. The second-order valence-corrected chi connectivity index (χ2v) is 5.56. The summed E-state index contributed by atoms with van der Waals surface area (Å²) in [6, 6.07) is 6.36. The van der Waals surface area contributed by atoms with Gasteiger partial charge in [-0.05, 0) is 18.1 Å². The number of methoxy groups -OCH3 is 1. The quantitative estimate of drug-likeness (QED) is 0.787. The third-order valence-electron chi connectivity index (χ3n) is 1.94. The predicted molar refractivity (Wildman–Crippen MR) is 64.1 cm³/mol. The summed E-state index contributed by atoms with van der Waals surface area (Å²) in [5, 5.41) is 0. The molecular formula is C11H17NO4S. The molecule has 0 unspecified atom stereocenters. The lowest BCUT2D eigenvalue weighted by Gasteiger charge is -2.11. The molecule has 1 N–H and O–H groups in total. The van der Waals surface area contributed by atoms with Crippen molar-refractivity contribution in [1.29, 1.82) is 0 Å². The summed E-state index contributed by atoms with van der Waals surface area (Å²) in [4.78, 5) is 7.06. The second kappa shape index (κ2) is 6.00. The number of benzene rings is 1. The molecular weight excluding hydrogens is 242 g/mol. The van der Waals surface area contributed by atoms with Crippen LogP contribution in [0, 0.1) is 5.92 Å². The summed E-state index contributed by atoms with van der Waals surface area (Å²) in [6.07, 6.45) is 0. The molecule has 0 aromatic heterocycles. The molecule has 17 heavy (non-hydrogen) atoms. The predicted octanol–water partition coefficient (Wildman–Crippen LogP) is 1.56. The molecule has 0 fully saturated rings. The molecule has 96 valence electrons. The summed E-state index contributed by atoms with van der Waals surface area (Å²) in [5.41, 5.74) is 0. The number of hydrogen-bond donors (Lipinski definition) is 1. The fourth-order valence-corrected chi connectivity index (χ4v) is 2.15. The van der Waals surface area contributed by atoms with Crippen molar-refractivity contribution in [2.24, 2.45) is 5.92 Å². The normalized spacial score (nSPS) is 11.8. The maximum Gasteiger partial charge on any atom is 0.266 e. The zero-order chi connectivity index (χ0) is 12.9. The molecule has 0 aliphatic rings. The Hall–Kier alpha value is -1.11. The molecule has 1 aromatic carbocycles. The Bertz CT molecular complexity index is 456. The SMILES string of the molecule is COc1ccccc1S(=O)(=O)NOCC(C)C. The highest BCUT2D eigenvalue weighted by molar-refractivity contribution is 7.89. The van der Waals surface area contributed by atoms with E-state index in [1.165, 1.54) is 13.2 Å². The van der Waals surface area contributed by atoms with Crippen LogP contribution in [0.5, 0.6) is 5.75 Å². The van der Waals surface area contributed by atoms with Gasteiger partial charge in [0, 0.05) is 0 Å². The molecule has 0 amide bonds. The third-order valence-corrected chi connectivity index (χ3v) is 3.20. The number of ether oxygens (including phenoxy) is 1. The topological polar surface area (TPSA) is 64.6 Å². The third kappa shape index (κ3) is 3.99. The number of hydrogen-bond acceptors (Lipinski definition) is 4. The van der Waals surface area contributed by atoms with Gasteiger partial charge in [-0.1, -0.05) is 30.9 Å². The van der Waals surface area contributed by atoms with Crippen LogP contribution in [0.15, 0.2) is 29.2 Å². The highest BCUT2D eigenvalue weighted by atomic mass is 32.2. The Kier molecular flexibility index (Phi) is 4.92.